The molecule has 0 spiro atoms. The zero-order valence-corrected chi connectivity index (χ0v) is 12.9. The van der Waals surface area contributed by atoms with Crippen molar-refractivity contribution in [2.75, 3.05) is 21.2 Å². The van der Waals surface area contributed by atoms with E-state index in [-0.39, 0.29) is 17.8 Å². The molecule has 0 N–H and O–H groups in total. The molecule has 0 amide bonds. The van der Waals surface area contributed by atoms with Crippen LogP contribution in [0, 0.1) is 5.92 Å². The summed E-state index contributed by atoms with van der Waals surface area (Å²) >= 11 is 0. The van der Waals surface area contributed by atoms with E-state index in [0.29, 0.717) is 11.7 Å². The molecule has 2 atom stereocenters. The van der Waals surface area contributed by atoms with E-state index in [0.717, 1.165) is 18.5 Å². The number of hydrogen-bond acceptors (Lipinski definition) is 6. The van der Waals surface area contributed by atoms with Crippen LogP contribution in [0.25, 0.3) is 11.4 Å². The fourth-order valence-electron chi connectivity index (χ4n) is 2.51. The Balaban J connectivity index is 1.70. The second-order valence-corrected chi connectivity index (χ2v) is 5.86. The van der Waals surface area contributed by atoms with Crippen LogP contribution in [0.3, 0.4) is 0 Å². The van der Waals surface area contributed by atoms with E-state index in [2.05, 4.69) is 27.2 Å². The third-order valence-electron chi connectivity index (χ3n) is 3.76. The van der Waals surface area contributed by atoms with Gasteiger partial charge in [0.05, 0.1) is 18.9 Å². The van der Waals surface area contributed by atoms with Crippen molar-refractivity contribution in [3.05, 3.63) is 35.7 Å². The predicted octanol–water partition coefficient (Wildman–Crippen LogP) is 2.07. The number of esters is 1. The summed E-state index contributed by atoms with van der Waals surface area (Å²) in [5.74, 6) is 0.727. The number of carbonyl (C=O) groups is 1. The number of ether oxygens (including phenoxy) is 1. The molecule has 1 aliphatic rings. The smallest absolute Gasteiger partial charge is 0.309 e. The summed E-state index contributed by atoms with van der Waals surface area (Å²) in [5, 5.41) is 4.01. The summed E-state index contributed by atoms with van der Waals surface area (Å²) in [6.07, 6.45) is 0.718. The fraction of sp³-hybridized carbons (Fsp3) is 0.438. The molecular weight excluding hydrogens is 282 g/mol. The summed E-state index contributed by atoms with van der Waals surface area (Å²) in [5.41, 5.74) is 2.14. The molecule has 1 saturated carbocycles. The highest BCUT2D eigenvalue weighted by Crippen LogP contribution is 2.47. The number of carbonyl (C=O) groups excluding carboxylic acids is 1. The lowest BCUT2D eigenvalue weighted by Gasteiger charge is -2.09. The highest BCUT2D eigenvalue weighted by atomic mass is 16.5. The molecule has 0 bridgehead atoms. The van der Waals surface area contributed by atoms with Crippen LogP contribution in [0.2, 0.25) is 0 Å². The van der Waals surface area contributed by atoms with Crippen molar-refractivity contribution >= 4 is 5.97 Å². The van der Waals surface area contributed by atoms with E-state index >= 15 is 0 Å². The maximum atomic E-state index is 11.4. The molecule has 1 fully saturated rings. The summed E-state index contributed by atoms with van der Waals surface area (Å²) in [6, 6.07) is 8.08. The minimum atomic E-state index is -0.210. The van der Waals surface area contributed by atoms with Crippen molar-refractivity contribution in [1.82, 2.24) is 15.0 Å². The third kappa shape index (κ3) is 3.01. The van der Waals surface area contributed by atoms with Gasteiger partial charge in [-0.15, -0.1) is 0 Å². The van der Waals surface area contributed by atoms with Crippen molar-refractivity contribution < 1.29 is 14.1 Å². The molecule has 0 saturated heterocycles. The van der Waals surface area contributed by atoms with Gasteiger partial charge in [0.1, 0.15) is 0 Å². The van der Waals surface area contributed by atoms with Crippen LogP contribution in [0.5, 0.6) is 0 Å². The molecule has 6 heteroatoms. The van der Waals surface area contributed by atoms with Crippen LogP contribution >= 0.6 is 0 Å². The maximum absolute atomic E-state index is 11.4. The summed E-state index contributed by atoms with van der Waals surface area (Å²) in [4.78, 5) is 18.0. The van der Waals surface area contributed by atoms with Crippen LogP contribution in [0.4, 0.5) is 0 Å². The molecule has 1 aromatic heterocycles. The van der Waals surface area contributed by atoms with Crippen LogP contribution in [-0.2, 0) is 16.1 Å². The number of rotatable bonds is 5. The van der Waals surface area contributed by atoms with Gasteiger partial charge in [0.25, 0.3) is 0 Å². The van der Waals surface area contributed by atoms with Gasteiger partial charge in [-0.1, -0.05) is 29.4 Å². The van der Waals surface area contributed by atoms with Crippen molar-refractivity contribution in [2.45, 2.75) is 18.9 Å². The highest BCUT2D eigenvalue weighted by Gasteiger charge is 2.48. The minimum Gasteiger partial charge on any atom is -0.469 e. The van der Waals surface area contributed by atoms with Crippen LogP contribution in [0.15, 0.2) is 28.8 Å². The molecule has 0 aliphatic heterocycles. The number of benzene rings is 1. The second kappa shape index (κ2) is 5.88. The Bertz CT molecular complexity index is 664. The first-order valence-electron chi connectivity index (χ1n) is 7.24. The molecule has 6 nitrogen and oxygen atoms in total. The van der Waals surface area contributed by atoms with E-state index in [4.69, 9.17) is 9.26 Å². The van der Waals surface area contributed by atoms with Gasteiger partial charge in [0, 0.05) is 12.1 Å². The Kier molecular flexibility index (Phi) is 3.94. The average molecular weight is 301 g/mol. The number of methoxy groups -OCH3 is 1. The third-order valence-corrected chi connectivity index (χ3v) is 3.76. The first kappa shape index (κ1) is 14.7. The molecular formula is C16H19N3O3. The number of aromatic nitrogens is 2. The maximum Gasteiger partial charge on any atom is 0.309 e. The van der Waals surface area contributed by atoms with Gasteiger partial charge in [0.15, 0.2) is 0 Å². The molecule has 1 aliphatic carbocycles. The van der Waals surface area contributed by atoms with Crippen LogP contribution in [0.1, 0.15) is 23.8 Å². The zero-order valence-electron chi connectivity index (χ0n) is 12.9. The minimum absolute atomic E-state index is 0.00159. The van der Waals surface area contributed by atoms with Gasteiger partial charge in [-0.25, -0.2) is 0 Å². The quantitative estimate of drug-likeness (QED) is 0.788. The Hall–Kier alpha value is -2.21. The van der Waals surface area contributed by atoms with Crippen molar-refractivity contribution in [3.63, 3.8) is 0 Å². The van der Waals surface area contributed by atoms with Gasteiger partial charge >= 0.3 is 5.97 Å². The number of hydrogen-bond donors (Lipinski definition) is 0. The lowest BCUT2D eigenvalue weighted by Crippen LogP contribution is -2.10. The van der Waals surface area contributed by atoms with E-state index in [9.17, 15) is 4.79 Å². The summed E-state index contributed by atoms with van der Waals surface area (Å²) < 4.78 is 10.0. The van der Waals surface area contributed by atoms with Crippen molar-refractivity contribution in [2.24, 2.45) is 5.92 Å². The summed E-state index contributed by atoms with van der Waals surface area (Å²) in [7, 11) is 5.46. The van der Waals surface area contributed by atoms with Crippen molar-refractivity contribution in [1.29, 1.82) is 0 Å². The fourth-order valence-corrected chi connectivity index (χ4v) is 2.51. The van der Waals surface area contributed by atoms with E-state index in [1.165, 1.54) is 12.7 Å². The van der Waals surface area contributed by atoms with Gasteiger partial charge in [-0.2, -0.15) is 4.98 Å². The zero-order chi connectivity index (χ0) is 15.7. The monoisotopic (exact) mass is 301 g/mol. The molecule has 2 unspecified atom stereocenters. The highest BCUT2D eigenvalue weighted by molar-refractivity contribution is 5.76. The molecule has 3 rings (SSSR count). The average Bonchev–Trinajstić information content (AvgIpc) is 3.16. The molecule has 22 heavy (non-hydrogen) atoms. The predicted molar refractivity (Wildman–Crippen MR) is 80.0 cm³/mol. The molecule has 1 aromatic carbocycles. The number of nitrogens with zero attached hydrogens (tertiary/aromatic N) is 3. The van der Waals surface area contributed by atoms with Gasteiger partial charge < -0.3 is 14.2 Å². The second-order valence-electron chi connectivity index (χ2n) is 5.86. The standard InChI is InChI=1S/C16H19N3O3/c1-19(2)9-10-4-6-11(7-5-10)14-17-15(22-18-14)12-8-13(12)16(20)21-3/h4-7,12-13H,8-9H2,1-3H3. The van der Waals surface area contributed by atoms with E-state index in [1.807, 2.05) is 26.2 Å². The Labute approximate surface area is 129 Å². The first-order valence-corrected chi connectivity index (χ1v) is 7.24. The SMILES string of the molecule is COC(=O)C1CC1c1nc(-c2ccc(CN(C)C)cc2)no1. The first-order chi connectivity index (χ1) is 10.6. The Morgan fingerprint density at radius 1 is 1.36 bits per heavy atom. The van der Waals surface area contributed by atoms with Crippen LogP contribution < -0.4 is 0 Å². The van der Waals surface area contributed by atoms with E-state index < -0.39 is 0 Å². The summed E-state index contributed by atoms with van der Waals surface area (Å²) in [6.45, 7) is 0.890. The largest absolute Gasteiger partial charge is 0.469 e. The molecule has 0 radical (unpaired) electrons. The van der Waals surface area contributed by atoms with Gasteiger partial charge in [-0.05, 0) is 26.1 Å². The molecule has 116 valence electrons. The topological polar surface area (TPSA) is 68.5 Å². The van der Waals surface area contributed by atoms with E-state index in [1.54, 1.807) is 0 Å². The normalized spacial score (nSPS) is 20.2. The molecule has 2 aromatic rings. The molecule has 1 heterocycles. The Morgan fingerprint density at radius 2 is 2.09 bits per heavy atom. The lowest BCUT2D eigenvalue weighted by molar-refractivity contribution is -0.142. The van der Waals surface area contributed by atoms with Crippen molar-refractivity contribution in [3.8, 4) is 11.4 Å². The van der Waals surface area contributed by atoms with Gasteiger partial charge in [-0.3, -0.25) is 4.79 Å². The van der Waals surface area contributed by atoms with Gasteiger partial charge in [0.2, 0.25) is 11.7 Å². The van der Waals surface area contributed by atoms with Crippen LogP contribution in [-0.4, -0.2) is 42.2 Å². The lowest BCUT2D eigenvalue weighted by atomic mass is 10.1. The Morgan fingerprint density at radius 3 is 2.73 bits per heavy atom.